The molecule has 0 spiro atoms. The number of hydrogen-bond donors (Lipinski definition) is 2. The molecule has 37 heavy (non-hydrogen) atoms. The van der Waals surface area contributed by atoms with E-state index >= 15 is 0 Å². The summed E-state index contributed by atoms with van der Waals surface area (Å²) >= 11 is 12.7. The highest BCUT2D eigenvalue weighted by atomic mass is 35.5. The summed E-state index contributed by atoms with van der Waals surface area (Å²) in [6.07, 6.45) is 0.851. The molecule has 194 valence electrons. The number of ether oxygens (including phenoxy) is 4. The van der Waals surface area contributed by atoms with Crippen LogP contribution in [0.25, 0.3) is 0 Å². The number of rotatable bonds is 9. The molecule has 4 rings (SSSR count). The van der Waals surface area contributed by atoms with Gasteiger partial charge in [0.1, 0.15) is 28.7 Å². The minimum atomic E-state index is -0.922. The third-order valence-electron chi connectivity index (χ3n) is 5.99. The molecule has 3 aromatic carbocycles. The van der Waals surface area contributed by atoms with Gasteiger partial charge in [-0.15, -0.1) is 0 Å². The van der Waals surface area contributed by atoms with Crippen molar-refractivity contribution in [3.05, 3.63) is 75.3 Å². The van der Waals surface area contributed by atoms with Gasteiger partial charge >= 0.3 is 5.97 Å². The molecule has 0 saturated carbocycles. The highest BCUT2D eigenvalue weighted by molar-refractivity contribution is 6.32. The van der Waals surface area contributed by atoms with Gasteiger partial charge in [0.05, 0.1) is 36.8 Å². The van der Waals surface area contributed by atoms with Crippen LogP contribution in [0.5, 0.6) is 28.7 Å². The van der Waals surface area contributed by atoms with E-state index in [1.165, 1.54) is 0 Å². The fourth-order valence-electron chi connectivity index (χ4n) is 4.06. The van der Waals surface area contributed by atoms with Gasteiger partial charge in [-0.1, -0.05) is 23.2 Å². The maximum absolute atomic E-state index is 12.6. The second kappa shape index (κ2) is 11.6. The molecular weight excluding hydrogens is 521 g/mol. The predicted octanol–water partition coefficient (Wildman–Crippen LogP) is 5.73. The van der Waals surface area contributed by atoms with E-state index in [1.807, 2.05) is 0 Å². The third-order valence-corrected chi connectivity index (χ3v) is 6.62. The standard InChI is InChI=1S/C27H25Cl2NO7/c1-34-17-11-21(28)19(23(12-17)35-2)7-9-30-26(31)15-3-5-16(6-4-15)37-25-14-24-20(13-22(25)29)18(27(32)33)8-10-36-24/h3-6,11-14,18H,7-10H2,1-2H3,(H,30,31)(H,32,33). The first-order valence-corrected chi connectivity index (χ1v) is 12.2. The highest BCUT2D eigenvalue weighted by Crippen LogP contribution is 2.42. The molecule has 1 aliphatic rings. The highest BCUT2D eigenvalue weighted by Gasteiger charge is 2.29. The molecule has 0 saturated heterocycles. The van der Waals surface area contributed by atoms with Crippen molar-refractivity contribution in [3.8, 4) is 28.7 Å². The molecule has 1 heterocycles. The number of halogens is 2. The van der Waals surface area contributed by atoms with Gasteiger partial charge in [0.15, 0.2) is 0 Å². The van der Waals surface area contributed by atoms with E-state index in [2.05, 4.69) is 5.32 Å². The van der Waals surface area contributed by atoms with Gasteiger partial charge in [0.2, 0.25) is 0 Å². The van der Waals surface area contributed by atoms with Crippen molar-refractivity contribution < 1.29 is 33.6 Å². The fraction of sp³-hybridized carbons (Fsp3) is 0.259. The summed E-state index contributed by atoms with van der Waals surface area (Å²) in [6, 6.07) is 13.2. The Morgan fingerprint density at radius 2 is 1.76 bits per heavy atom. The largest absolute Gasteiger partial charge is 0.497 e. The molecule has 8 nitrogen and oxygen atoms in total. The first kappa shape index (κ1) is 26.4. The molecule has 1 amide bonds. The van der Waals surface area contributed by atoms with Crippen LogP contribution >= 0.6 is 23.2 Å². The molecule has 3 aromatic rings. The van der Waals surface area contributed by atoms with Crippen LogP contribution < -0.4 is 24.3 Å². The zero-order valence-electron chi connectivity index (χ0n) is 20.2. The normalized spacial score (nSPS) is 14.2. The number of aliphatic carboxylic acids is 1. The number of hydrogen-bond acceptors (Lipinski definition) is 6. The maximum atomic E-state index is 12.6. The number of benzene rings is 3. The Morgan fingerprint density at radius 1 is 1.00 bits per heavy atom. The molecule has 0 radical (unpaired) electrons. The van der Waals surface area contributed by atoms with Crippen LogP contribution in [0.15, 0.2) is 48.5 Å². The predicted molar refractivity (Wildman–Crippen MR) is 139 cm³/mol. The number of fused-ring (bicyclic) bond motifs is 1. The van der Waals surface area contributed by atoms with E-state index < -0.39 is 11.9 Å². The lowest BCUT2D eigenvalue weighted by Crippen LogP contribution is -2.25. The first-order valence-electron chi connectivity index (χ1n) is 11.5. The average molecular weight is 546 g/mol. The zero-order chi connectivity index (χ0) is 26.5. The number of amides is 1. The van der Waals surface area contributed by atoms with Crippen LogP contribution in [0.1, 0.15) is 33.8 Å². The first-order chi connectivity index (χ1) is 17.8. The number of methoxy groups -OCH3 is 2. The Balaban J connectivity index is 1.38. The quantitative estimate of drug-likeness (QED) is 0.354. The van der Waals surface area contributed by atoms with Gasteiger partial charge in [0.25, 0.3) is 5.91 Å². The monoisotopic (exact) mass is 545 g/mol. The van der Waals surface area contributed by atoms with E-state index in [-0.39, 0.29) is 10.9 Å². The number of carboxylic acids is 1. The third kappa shape index (κ3) is 6.03. The molecule has 0 bridgehead atoms. The number of carboxylic acid groups (broad SMARTS) is 1. The summed E-state index contributed by atoms with van der Waals surface area (Å²) in [5.41, 5.74) is 1.75. The van der Waals surface area contributed by atoms with Gasteiger partial charge < -0.3 is 29.4 Å². The van der Waals surface area contributed by atoms with E-state index in [0.29, 0.717) is 70.9 Å². The number of carbonyl (C=O) groups is 2. The average Bonchev–Trinajstić information content (AvgIpc) is 2.89. The molecule has 0 fully saturated rings. The fourth-order valence-corrected chi connectivity index (χ4v) is 4.56. The van der Waals surface area contributed by atoms with E-state index in [0.717, 1.165) is 5.56 Å². The molecule has 1 unspecified atom stereocenters. The topological polar surface area (TPSA) is 103 Å². The Hall–Kier alpha value is -3.62. The summed E-state index contributed by atoms with van der Waals surface area (Å²) in [7, 11) is 3.10. The van der Waals surface area contributed by atoms with Crippen molar-refractivity contribution in [1.29, 1.82) is 0 Å². The van der Waals surface area contributed by atoms with Crippen LogP contribution in [0.4, 0.5) is 0 Å². The Morgan fingerprint density at radius 3 is 2.43 bits per heavy atom. The van der Waals surface area contributed by atoms with E-state index in [9.17, 15) is 14.7 Å². The Kier molecular flexibility index (Phi) is 8.31. The molecule has 10 heteroatoms. The van der Waals surface area contributed by atoms with Gasteiger partial charge in [0, 0.05) is 35.4 Å². The minimum Gasteiger partial charge on any atom is -0.497 e. The summed E-state index contributed by atoms with van der Waals surface area (Å²) in [5.74, 6) is 0.546. The van der Waals surface area contributed by atoms with Crippen molar-refractivity contribution in [2.75, 3.05) is 27.4 Å². The molecule has 0 aliphatic carbocycles. The molecule has 1 atom stereocenters. The van der Waals surface area contributed by atoms with Crippen LogP contribution in [-0.4, -0.2) is 44.4 Å². The minimum absolute atomic E-state index is 0.255. The zero-order valence-corrected chi connectivity index (χ0v) is 21.7. The van der Waals surface area contributed by atoms with Crippen LogP contribution in [0.2, 0.25) is 10.0 Å². The van der Waals surface area contributed by atoms with Crippen LogP contribution in [0, 0.1) is 0 Å². The van der Waals surface area contributed by atoms with Crippen LogP contribution in [-0.2, 0) is 11.2 Å². The van der Waals surface area contributed by atoms with Gasteiger partial charge in [-0.2, -0.15) is 0 Å². The van der Waals surface area contributed by atoms with Crippen molar-refractivity contribution in [3.63, 3.8) is 0 Å². The van der Waals surface area contributed by atoms with E-state index in [1.54, 1.807) is 62.8 Å². The Bertz CT molecular complexity index is 1310. The van der Waals surface area contributed by atoms with Gasteiger partial charge in [-0.05, 0) is 49.2 Å². The second-order valence-electron chi connectivity index (χ2n) is 8.27. The summed E-state index contributed by atoms with van der Waals surface area (Å²) in [4.78, 5) is 24.1. The maximum Gasteiger partial charge on any atom is 0.311 e. The van der Waals surface area contributed by atoms with Gasteiger partial charge in [-0.25, -0.2) is 0 Å². The van der Waals surface area contributed by atoms with Crippen LogP contribution in [0.3, 0.4) is 0 Å². The van der Waals surface area contributed by atoms with Crippen molar-refractivity contribution in [2.45, 2.75) is 18.8 Å². The van der Waals surface area contributed by atoms with E-state index in [4.69, 9.17) is 42.1 Å². The SMILES string of the molecule is COc1cc(Cl)c(CCNC(=O)c2ccc(Oc3cc4c(cc3Cl)C(C(=O)O)CCO4)cc2)c(OC)c1. The second-order valence-corrected chi connectivity index (χ2v) is 9.09. The Labute approximate surface area is 224 Å². The summed E-state index contributed by atoms with van der Waals surface area (Å²) in [6.45, 7) is 0.647. The summed E-state index contributed by atoms with van der Waals surface area (Å²) in [5, 5.41) is 13.1. The molecule has 2 N–H and O–H groups in total. The number of carbonyl (C=O) groups excluding carboxylic acids is 1. The number of nitrogens with one attached hydrogen (secondary N) is 1. The molecule has 0 aromatic heterocycles. The van der Waals surface area contributed by atoms with Crippen molar-refractivity contribution in [1.82, 2.24) is 5.32 Å². The summed E-state index contributed by atoms with van der Waals surface area (Å²) < 4.78 is 22.1. The van der Waals surface area contributed by atoms with Crippen molar-refractivity contribution >= 4 is 35.1 Å². The molecule has 1 aliphatic heterocycles. The lowest BCUT2D eigenvalue weighted by atomic mass is 9.93. The van der Waals surface area contributed by atoms with Gasteiger partial charge in [-0.3, -0.25) is 9.59 Å². The molecular formula is C27H25Cl2NO7. The van der Waals surface area contributed by atoms with Crippen molar-refractivity contribution in [2.24, 2.45) is 0 Å². The smallest absolute Gasteiger partial charge is 0.311 e. The lowest BCUT2D eigenvalue weighted by molar-refractivity contribution is -0.139. The lowest BCUT2D eigenvalue weighted by Gasteiger charge is -2.24.